The standard InChI is InChI=1S/C6H11Cl2N/c1-5(2)4(9-3)6(5,7)8/h4,9H,1-3H3. The van der Waals surface area contributed by atoms with E-state index >= 15 is 0 Å². The second-order valence-electron chi connectivity index (χ2n) is 3.07. The van der Waals surface area contributed by atoms with Gasteiger partial charge in [0.25, 0.3) is 0 Å². The summed E-state index contributed by atoms with van der Waals surface area (Å²) in [6.45, 7) is 4.10. The zero-order valence-electron chi connectivity index (χ0n) is 5.83. The summed E-state index contributed by atoms with van der Waals surface area (Å²) in [6, 6.07) is 0.244. The summed E-state index contributed by atoms with van der Waals surface area (Å²) in [5.74, 6) is 0. The van der Waals surface area contributed by atoms with E-state index in [1.165, 1.54) is 0 Å². The predicted octanol–water partition coefficient (Wildman–Crippen LogP) is 1.79. The molecule has 1 nitrogen and oxygen atoms in total. The number of rotatable bonds is 1. The lowest BCUT2D eigenvalue weighted by Crippen LogP contribution is -2.16. The van der Waals surface area contributed by atoms with Crippen LogP contribution in [0.1, 0.15) is 13.8 Å². The Labute approximate surface area is 65.7 Å². The molecule has 0 amide bonds. The molecule has 1 aliphatic carbocycles. The van der Waals surface area contributed by atoms with Crippen molar-refractivity contribution >= 4 is 23.2 Å². The molecule has 54 valence electrons. The van der Waals surface area contributed by atoms with Crippen LogP contribution >= 0.6 is 23.2 Å². The fourth-order valence-electron chi connectivity index (χ4n) is 1.20. The number of nitrogens with one attached hydrogen (secondary N) is 1. The third kappa shape index (κ3) is 0.787. The fraction of sp³-hybridized carbons (Fsp3) is 1.00. The van der Waals surface area contributed by atoms with Gasteiger partial charge >= 0.3 is 0 Å². The van der Waals surface area contributed by atoms with Crippen LogP contribution in [0.15, 0.2) is 0 Å². The van der Waals surface area contributed by atoms with Gasteiger partial charge in [-0.1, -0.05) is 37.0 Å². The minimum Gasteiger partial charge on any atom is -0.314 e. The van der Waals surface area contributed by atoms with Crippen LogP contribution in [-0.4, -0.2) is 17.4 Å². The summed E-state index contributed by atoms with van der Waals surface area (Å²) in [6.07, 6.45) is 0. The zero-order valence-corrected chi connectivity index (χ0v) is 7.35. The average Bonchev–Trinajstić information content (AvgIpc) is 2.00. The van der Waals surface area contributed by atoms with Crippen molar-refractivity contribution in [1.29, 1.82) is 0 Å². The molecule has 1 fully saturated rings. The number of hydrogen-bond acceptors (Lipinski definition) is 1. The Kier molecular flexibility index (Phi) is 1.51. The van der Waals surface area contributed by atoms with Gasteiger partial charge in [0, 0.05) is 11.5 Å². The van der Waals surface area contributed by atoms with Gasteiger partial charge in [-0.25, -0.2) is 0 Å². The summed E-state index contributed by atoms with van der Waals surface area (Å²) in [5.41, 5.74) is 0.0326. The Morgan fingerprint density at radius 3 is 1.67 bits per heavy atom. The van der Waals surface area contributed by atoms with Gasteiger partial charge in [-0.3, -0.25) is 0 Å². The van der Waals surface area contributed by atoms with Gasteiger partial charge in [-0.05, 0) is 7.05 Å². The van der Waals surface area contributed by atoms with Crippen molar-refractivity contribution in [2.24, 2.45) is 5.41 Å². The highest BCUT2D eigenvalue weighted by atomic mass is 35.5. The number of hydrogen-bond donors (Lipinski definition) is 1. The first-order valence-corrected chi connectivity index (χ1v) is 3.75. The Morgan fingerprint density at radius 1 is 1.33 bits per heavy atom. The van der Waals surface area contributed by atoms with Crippen molar-refractivity contribution in [3.63, 3.8) is 0 Å². The lowest BCUT2D eigenvalue weighted by Gasteiger charge is -1.98. The quantitative estimate of drug-likeness (QED) is 0.588. The molecule has 1 rings (SSSR count). The molecule has 0 aromatic carbocycles. The van der Waals surface area contributed by atoms with Crippen LogP contribution in [0.3, 0.4) is 0 Å². The summed E-state index contributed by atoms with van der Waals surface area (Å²) in [4.78, 5) is 0. The highest BCUT2D eigenvalue weighted by molar-refractivity contribution is 6.52. The summed E-state index contributed by atoms with van der Waals surface area (Å²) >= 11 is 11.8. The Morgan fingerprint density at radius 2 is 1.67 bits per heavy atom. The highest BCUT2D eigenvalue weighted by Crippen LogP contribution is 2.63. The molecular weight excluding hydrogens is 157 g/mol. The summed E-state index contributed by atoms with van der Waals surface area (Å²) in [5, 5.41) is 3.06. The van der Waals surface area contributed by atoms with E-state index in [0.717, 1.165) is 0 Å². The van der Waals surface area contributed by atoms with E-state index in [9.17, 15) is 0 Å². The van der Waals surface area contributed by atoms with Crippen molar-refractivity contribution in [1.82, 2.24) is 5.32 Å². The molecule has 1 N–H and O–H groups in total. The second kappa shape index (κ2) is 1.77. The molecule has 0 heterocycles. The molecule has 0 bridgehead atoms. The molecule has 0 aromatic heterocycles. The van der Waals surface area contributed by atoms with Crippen molar-refractivity contribution in [2.45, 2.75) is 24.2 Å². The molecular formula is C6H11Cl2N. The van der Waals surface area contributed by atoms with E-state index < -0.39 is 4.33 Å². The topological polar surface area (TPSA) is 12.0 Å². The zero-order chi connectivity index (χ0) is 7.28. The Balaban J connectivity index is 2.66. The van der Waals surface area contributed by atoms with Crippen LogP contribution in [0.2, 0.25) is 0 Å². The molecule has 0 radical (unpaired) electrons. The van der Waals surface area contributed by atoms with Crippen molar-refractivity contribution in [3.05, 3.63) is 0 Å². The fourth-order valence-corrected chi connectivity index (χ4v) is 2.07. The van der Waals surface area contributed by atoms with E-state index in [1.807, 2.05) is 20.9 Å². The van der Waals surface area contributed by atoms with E-state index in [0.29, 0.717) is 0 Å². The largest absolute Gasteiger partial charge is 0.314 e. The van der Waals surface area contributed by atoms with Gasteiger partial charge in [0.05, 0.1) is 0 Å². The van der Waals surface area contributed by atoms with Gasteiger partial charge in [0.1, 0.15) is 4.33 Å². The van der Waals surface area contributed by atoms with Gasteiger partial charge in [-0.15, -0.1) is 0 Å². The van der Waals surface area contributed by atoms with Crippen LogP contribution in [0.4, 0.5) is 0 Å². The lowest BCUT2D eigenvalue weighted by atomic mass is 10.2. The van der Waals surface area contributed by atoms with Crippen LogP contribution in [0, 0.1) is 5.41 Å². The van der Waals surface area contributed by atoms with Crippen LogP contribution in [0.25, 0.3) is 0 Å². The molecule has 0 spiro atoms. The third-order valence-corrected chi connectivity index (χ3v) is 3.56. The van der Waals surface area contributed by atoms with E-state index in [4.69, 9.17) is 23.2 Å². The monoisotopic (exact) mass is 167 g/mol. The van der Waals surface area contributed by atoms with Crippen LogP contribution in [-0.2, 0) is 0 Å². The van der Waals surface area contributed by atoms with Crippen LogP contribution in [0.5, 0.6) is 0 Å². The maximum atomic E-state index is 5.90. The van der Waals surface area contributed by atoms with Crippen molar-refractivity contribution in [3.8, 4) is 0 Å². The smallest absolute Gasteiger partial charge is 0.140 e. The van der Waals surface area contributed by atoms with Crippen molar-refractivity contribution < 1.29 is 0 Å². The molecule has 1 unspecified atom stereocenters. The average molecular weight is 168 g/mol. The minimum absolute atomic E-state index is 0.0326. The second-order valence-corrected chi connectivity index (χ2v) is 4.45. The van der Waals surface area contributed by atoms with E-state index in [2.05, 4.69) is 5.32 Å². The maximum absolute atomic E-state index is 5.90. The molecule has 0 saturated heterocycles. The van der Waals surface area contributed by atoms with E-state index in [-0.39, 0.29) is 11.5 Å². The predicted molar refractivity (Wildman–Crippen MR) is 41.1 cm³/mol. The van der Waals surface area contributed by atoms with Gasteiger partial charge in [0.15, 0.2) is 0 Å². The SMILES string of the molecule is CNC1C(C)(C)C1(Cl)Cl. The normalized spacial score (nSPS) is 36.3. The van der Waals surface area contributed by atoms with E-state index in [1.54, 1.807) is 0 Å². The van der Waals surface area contributed by atoms with Crippen LogP contribution < -0.4 is 5.32 Å². The molecule has 0 aliphatic heterocycles. The highest BCUT2D eigenvalue weighted by Gasteiger charge is 2.69. The van der Waals surface area contributed by atoms with Crippen molar-refractivity contribution in [2.75, 3.05) is 7.05 Å². The molecule has 9 heavy (non-hydrogen) atoms. The summed E-state index contributed by atoms with van der Waals surface area (Å²) in [7, 11) is 1.87. The number of alkyl halides is 2. The summed E-state index contributed by atoms with van der Waals surface area (Å²) < 4.78 is -0.554. The molecule has 1 atom stereocenters. The molecule has 0 aromatic rings. The minimum atomic E-state index is -0.554. The first-order chi connectivity index (χ1) is 3.94. The first kappa shape index (κ1) is 7.64. The number of halogens is 2. The Hall–Kier alpha value is 0.540. The van der Waals surface area contributed by atoms with Gasteiger partial charge in [0.2, 0.25) is 0 Å². The molecule has 1 saturated carbocycles. The molecule has 3 heteroatoms. The first-order valence-electron chi connectivity index (χ1n) is 2.99. The Bertz CT molecular complexity index is 117. The molecule has 1 aliphatic rings. The maximum Gasteiger partial charge on any atom is 0.140 e. The lowest BCUT2D eigenvalue weighted by molar-refractivity contribution is 0.572. The van der Waals surface area contributed by atoms with Gasteiger partial charge in [-0.2, -0.15) is 0 Å². The third-order valence-electron chi connectivity index (χ3n) is 2.15. The van der Waals surface area contributed by atoms with Gasteiger partial charge < -0.3 is 5.32 Å².